The predicted molar refractivity (Wildman–Crippen MR) is 83.3 cm³/mol. The van der Waals surface area contributed by atoms with Gasteiger partial charge in [-0.3, -0.25) is 0 Å². The molecule has 118 valence electrons. The number of rotatable bonds is 6. The van der Waals surface area contributed by atoms with Gasteiger partial charge in [-0.1, -0.05) is 23.7 Å². The Bertz CT molecular complexity index is 765. The van der Waals surface area contributed by atoms with Crippen molar-refractivity contribution in [3.05, 3.63) is 58.9 Å². The summed E-state index contributed by atoms with van der Waals surface area (Å²) in [4.78, 5) is 0.201. The van der Waals surface area contributed by atoms with E-state index in [0.29, 0.717) is 5.75 Å². The lowest BCUT2D eigenvalue weighted by molar-refractivity contribution is 0.322. The van der Waals surface area contributed by atoms with Crippen LogP contribution in [0.15, 0.2) is 47.4 Å². The van der Waals surface area contributed by atoms with E-state index in [9.17, 15) is 12.8 Å². The average Bonchev–Trinajstić information content (AvgIpc) is 2.45. The Labute approximate surface area is 133 Å². The molecule has 22 heavy (non-hydrogen) atoms. The van der Waals surface area contributed by atoms with E-state index in [2.05, 4.69) is 4.72 Å². The number of hydrogen-bond acceptors (Lipinski definition) is 3. The first-order valence-electron chi connectivity index (χ1n) is 6.53. The van der Waals surface area contributed by atoms with Crippen LogP contribution in [0.3, 0.4) is 0 Å². The quantitative estimate of drug-likeness (QED) is 0.820. The molecule has 0 radical (unpaired) electrons. The standard InChI is InChI=1S/C15H15ClFNO3S/c1-11-3-2-4-13(9-11)22(19,20)18-7-8-21-15-6-5-12(17)10-14(15)16/h2-6,9-10,18H,7-8H2,1H3. The van der Waals surface area contributed by atoms with E-state index in [4.69, 9.17) is 16.3 Å². The molecule has 0 fully saturated rings. The molecular weight excluding hydrogens is 329 g/mol. The third kappa shape index (κ3) is 4.43. The minimum Gasteiger partial charge on any atom is -0.491 e. The van der Waals surface area contributed by atoms with Crippen LogP contribution in [-0.2, 0) is 10.0 Å². The van der Waals surface area contributed by atoms with Gasteiger partial charge >= 0.3 is 0 Å². The number of aryl methyl sites for hydroxylation is 1. The Hall–Kier alpha value is -1.63. The van der Waals surface area contributed by atoms with Crippen LogP contribution in [0.1, 0.15) is 5.56 Å². The highest BCUT2D eigenvalue weighted by molar-refractivity contribution is 7.89. The van der Waals surface area contributed by atoms with Gasteiger partial charge in [0.15, 0.2) is 0 Å². The number of hydrogen-bond donors (Lipinski definition) is 1. The molecule has 2 rings (SSSR count). The van der Waals surface area contributed by atoms with Gasteiger partial charge in [0.1, 0.15) is 18.2 Å². The molecule has 0 aromatic heterocycles. The summed E-state index contributed by atoms with van der Waals surface area (Å²) in [6.45, 7) is 1.97. The summed E-state index contributed by atoms with van der Waals surface area (Å²) in [5, 5.41) is 0.140. The van der Waals surface area contributed by atoms with Crippen molar-refractivity contribution in [2.45, 2.75) is 11.8 Å². The van der Waals surface area contributed by atoms with Gasteiger partial charge in [0.25, 0.3) is 0 Å². The minimum absolute atomic E-state index is 0.0734. The first kappa shape index (κ1) is 16.7. The van der Waals surface area contributed by atoms with Crippen LogP contribution in [0.4, 0.5) is 4.39 Å². The molecule has 0 unspecified atom stereocenters. The molecule has 0 saturated carbocycles. The molecule has 0 heterocycles. The zero-order valence-corrected chi connectivity index (χ0v) is 13.4. The van der Waals surface area contributed by atoms with Crippen LogP contribution in [0, 0.1) is 12.7 Å². The van der Waals surface area contributed by atoms with Gasteiger partial charge in [-0.15, -0.1) is 0 Å². The SMILES string of the molecule is Cc1cccc(S(=O)(=O)NCCOc2ccc(F)cc2Cl)c1. The average molecular weight is 344 g/mol. The Morgan fingerprint density at radius 2 is 2.00 bits per heavy atom. The van der Waals surface area contributed by atoms with Crippen LogP contribution >= 0.6 is 11.6 Å². The third-order valence-electron chi connectivity index (χ3n) is 2.85. The lowest BCUT2D eigenvalue weighted by Crippen LogP contribution is -2.28. The molecule has 0 aliphatic carbocycles. The molecule has 0 spiro atoms. The minimum atomic E-state index is -3.58. The molecule has 0 bridgehead atoms. The summed E-state index contributed by atoms with van der Waals surface area (Å²) < 4.78 is 44.8. The molecule has 2 aromatic rings. The second kappa shape index (κ2) is 7.09. The number of ether oxygens (including phenoxy) is 1. The summed E-state index contributed by atoms with van der Waals surface area (Å²) in [7, 11) is -3.58. The van der Waals surface area contributed by atoms with Crippen LogP contribution < -0.4 is 9.46 Å². The van der Waals surface area contributed by atoms with Gasteiger partial charge in [-0.2, -0.15) is 0 Å². The van der Waals surface area contributed by atoms with Crippen LogP contribution in [-0.4, -0.2) is 21.6 Å². The van der Waals surface area contributed by atoms with E-state index in [-0.39, 0.29) is 23.1 Å². The molecular formula is C15H15ClFNO3S. The van der Waals surface area contributed by atoms with Gasteiger partial charge in [0.05, 0.1) is 9.92 Å². The van der Waals surface area contributed by atoms with Gasteiger partial charge in [-0.25, -0.2) is 17.5 Å². The Morgan fingerprint density at radius 1 is 1.23 bits per heavy atom. The van der Waals surface area contributed by atoms with Crippen molar-refractivity contribution in [2.24, 2.45) is 0 Å². The fourth-order valence-corrected chi connectivity index (χ4v) is 3.13. The fourth-order valence-electron chi connectivity index (χ4n) is 1.80. The highest BCUT2D eigenvalue weighted by Crippen LogP contribution is 2.24. The first-order valence-corrected chi connectivity index (χ1v) is 8.39. The molecule has 0 aliphatic heterocycles. The predicted octanol–water partition coefficient (Wildman–Crippen LogP) is 3.14. The highest BCUT2D eigenvalue weighted by atomic mass is 35.5. The van der Waals surface area contributed by atoms with E-state index >= 15 is 0 Å². The normalized spacial score (nSPS) is 11.4. The Balaban J connectivity index is 1.90. The number of nitrogens with one attached hydrogen (secondary N) is 1. The summed E-state index contributed by atoms with van der Waals surface area (Å²) in [6, 6.07) is 10.4. The van der Waals surface area contributed by atoms with Crippen molar-refractivity contribution >= 4 is 21.6 Å². The second-order valence-electron chi connectivity index (χ2n) is 4.64. The first-order chi connectivity index (χ1) is 10.4. The number of halogens is 2. The zero-order valence-electron chi connectivity index (χ0n) is 11.8. The molecule has 1 N–H and O–H groups in total. The fraction of sp³-hybridized carbons (Fsp3) is 0.200. The Morgan fingerprint density at radius 3 is 2.68 bits per heavy atom. The van der Waals surface area contributed by atoms with Crippen molar-refractivity contribution in [3.8, 4) is 5.75 Å². The third-order valence-corrected chi connectivity index (χ3v) is 4.60. The van der Waals surface area contributed by atoms with Crippen molar-refractivity contribution in [1.29, 1.82) is 0 Å². The van der Waals surface area contributed by atoms with Crippen molar-refractivity contribution < 1.29 is 17.5 Å². The van der Waals surface area contributed by atoms with E-state index in [1.807, 2.05) is 13.0 Å². The molecule has 0 saturated heterocycles. The van der Waals surface area contributed by atoms with E-state index in [0.717, 1.165) is 11.6 Å². The van der Waals surface area contributed by atoms with E-state index in [1.165, 1.54) is 18.2 Å². The van der Waals surface area contributed by atoms with Gasteiger partial charge < -0.3 is 4.74 Å². The van der Waals surface area contributed by atoms with Gasteiger partial charge in [0, 0.05) is 6.54 Å². The molecule has 0 aliphatic rings. The number of sulfonamides is 1. The van der Waals surface area contributed by atoms with E-state index in [1.54, 1.807) is 12.1 Å². The molecule has 0 atom stereocenters. The van der Waals surface area contributed by atoms with Crippen molar-refractivity contribution in [2.75, 3.05) is 13.2 Å². The maximum atomic E-state index is 12.9. The lowest BCUT2D eigenvalue weighted by atomic mass is 10.2. The van der Waals surface area contributed by atoms with Crippen LogP contribution in [0.25, 0.3) is 0 Å². The second-order valence-corrected chi connectivity index (χ2v) is 6.81. The lowest BCUT2D eigenvalue weighted by Gasteiger charge is -2.10. The largest absolute Gasteiger partial charge is 0.491 e. The van der Waals surface area contributed by atoms with Crippen LogP contribution in [0.2, 0.25) is 5.02 Å². The topological polar surface area (TPSA) is 55.4 Å². The summed E-state index contributed by atoms with van der Waals surface area (Å²) >= 11 is 5.81. The van der Waals surface area contributed by atoms with Crippen molar-refractivity contribution in [1.82, 2.24) is 4.72 Å². The summed E-state index contributed by atoms with van der Waals surface area (Å²) in [5.41, 5.74) is 0.859. The monoisotopic (exact) mass is 343 g/mol. The van der Waals surface area contributed by atoms with Crippen molar-refractivity contribution in [3.63, 3.8) is 0 Å². The summed E-state index contributed by atoms with van der Waals surface area (Å²) in [5.74, 6) is -0.157. The van der Waals surface area contributed by atoms with Crippen LogP contribution in [0.5, 0.6) is 5.75 Å². The maximum Gasteiger partial charge on any atom is 0.240 e. The van der Waals surface area contributed by atoms with Gasteiger partial charge in [0.2, 0.25) is 10.0 Å². The molecule has 7 heteroatoms. The maximum absolute atomic E-state index is 12.9. The Kier molecular flexibility index (Phi) is 5.39. The molecule has 4 nitrogen and oxygen atoms in total. The smallest absolute Gasteiger partial charge is 0.240 e. The number of benzene rings is 2. The highest BCUT2D eigenvalue weighted by Gasteiger charge is 2.13. The zero-order chi connectivity index (χ0) is 16.2. The molecule has 0 amide bonds. The molecule has 2 aromatic carbocycles. The van der Waals surface area contributed by atoms with Gasteiger partial charge in [-0.05, 0) is 42.8 Å². The summed E-state index contributed by atoms with van der Waals surface area (Å²) in [6.07, 6.45) is 0. The van der Waals surface area contributed by atoms with E-state index < -0.39 is 15.8 Å².